The normalized spacial score (nSPS) is 10.5. The quantitative estimate of drug-likeness (QED) is 0.338. The number of pyridine rings is 1. The van der Waals surface area contributed by atoms with Crippen molar-refractivity contribution in [3.05, 3.63) is 109 Å². The van der Waals surface area contributed by atoms with Crippen LogP contribution in [0, 0.1) is 5.95 Å². The maximum Gasteiger partial charge on any atom is 0.343 e. The molecule has 0 aliphatic rings. The van der Waals surface area contributed by atoms with Gasteiger partial charge >= 0.3 is 5.97 Å². The Hall–Kier alpha value is -3.79. The van der Waals surface area contributed by atoms with Gasteiger partial charge in [0, 0.05) is 11.1 Å². The summed E-state index contributed by atoms with van der Waals surface area (Å²) in [6, 6.07) is 27.1. The lowest BCUT2D eigenvalue weighted by molar-refractivity contribution is 0.0735. The Bertz CT molecular complexity index is 1100. The number of carbonyl (C=O) groups is 1. The molecule has 3 nitrogen and oxygen atoms in total. The Morgan fingerprint density at radius 1 is 0.714 bits per heavy atom. The van der Waals surface area contributed by atoms with Crippen LogP contribution >= 0.6 is 0 Å². The molecule has 0 bridgehead atoms. The summed E-state index contributed by atoms with van der Waals surface area (Å²) < 4.78 is 20.4. The molecule has 1 heterocycles. The average Bonchev–Trinajstić information content (AvgIpc) is 2.76. The van der Waals surface area contributed by atoms with E-state index in [2.05, 4.69) is 4.98 Å². The van der Waals surface area contributed by atoms with Gasteiger partial charge in [-0.15, -0.1) is 0 Å². The minimum Gasteiger partial charge on any atom is -0.421 e. The van der Waals surface area contributed by atoms with E-state index in [0.29, 0.717) is 22.3 Å². The largest absolute Gasteiger partial charge is 0.421 e. The molecule has 0 N–H and O–H groups in total. The lowest BCUT2D eigenvalue weighted by Crippen LogP contribution is -2.10. The van der Waals surface area contributed by atoms with Gasteiger partial charge in [0.15, 0.2) is 5.75 Å². The van der Waals surface area contributed by atoms with Crippen LogP contribution in [0.1, 0.15) is 10.4 Å². The highest BCUT2D eigenvalue weighted by molar-refractivity contribution is 5.94. The predicted octanol–water partition coefficient (Wildman–Crippen LogP) is 5.77. The highest BCUT2D eigenvalue weighted by Gasteiger charge is 2.21. The lowest BCUT2D eigenvalue weighted by Gasteiger charge is -2.15. The number of halogens is 1. The molecule has 4 rings (SSSR count). The van der Waals surface area contributed by atoms with Crippen molar-refractivity contribution in [2.24, 2.45) is 0 Å². The summed E-state index contributed by atoms with van der Waals surface area (Å²) in [7, 11) is 0. The van der Waals surface area contributed by atoms with E-state index >= 15 is 0 Å². The molecule has 3 aromatic carbocycles. The van der Waals surface area contributed by atoms with Gasteiger partial charge < -0.3 is 4.74 Å². The van der Waals surface area contributed by atoms with E-state index < -0.39 is 11.9 Å². The highest BCUT2D eigenvalue weighted by Crippen LogP contribution is 2.40. The van der Waals surface area contributed by atoms with Crippen LogP contribution in [-0.2, 0) is 0 Å². The van der Waals surface area contributed by atoms with E-state index in [0.717, 1.165) is 5.56 Å². The van der Waals surface area contributed by atoms with Crippen molar-refractivity contribution in [2.45, 2.75) is 0 Å². The standard InChI is InChI=1S/C24H16FNO2/c25-23-22(18-12-6-2-7-13-18)21(17-10-4-1-5-11-17)20(16-26-23)28-24(27)19-14-8-3-9-15-19/h1-16H. The molecular formula is C24H16FNO2. The Morgan fingerprint density at radius 2 is 1.21 bits per heavy atom. The van der Waals surface area contributed by atoms with E-state index in [1.54, 1.807) is 36.4 Å². The molecule has 0 aliphatic carbocycles. The molecule has 0 radical (unpaired) electrons. The van der Waals surface area contributed by atoms with Crippen LogP contribution in [0.5, 0.6) is 5.75 Å². The average molecular weight is 369 g/mol. The first-order valence-electron chi connectivity index (χ1n) is 8.80. The van der Waals surface area contributed by atoms with Crippen LogP contribution < -0.4 is 4.74 Å². The zero-order valence-electron chi connectivity index (χ0n) is 14.9. The number of esters is 1. The maximum absolute atomic E-state index is 14.8. The molecule has 0 saturated carbocycles. The number of hydrogen-bond acceptors (Lipinski definition) is 3. The number of hydrogen-bond donors (Lipinski definition) is 0. The molecular weight excluding hydrogens is 353 g/mol. The predicted molar refractivity (Wildman–Crippen MR) is 106 cm³/mol. The number of ether oxygens (including phenoxy) is 1. The fourth-order valence-corrected chi connectivity index (χ4v) is 3.04. The lowest BCUT2D eigenvalue weighted by atomic mass is 9.95. The molecule has 136 valence electrons. The Balaban J connectivity index is 1.88. The number of rotatable bonds is 4. The van der Waals surface area contributed by atoms with Crippen LogP contribution in [0.4, 0.5) is 4.39 Å². The van der Waals surface area contributed by atoms with Crippen molar-refractivity contribution < 1.29 is 13.9 Å². The zero-order valence-corrected chi connectivity index (χ0v) is 14.9. The van der Waals surface area contributed by atoms with Crippen molar-refractivity contribution in [1.82, 2.24) is 4.98 Å². The van der Waals surface area contributed by atoms with Crippen LogP contribution in [0.3, 0.4) is 0 Å². The Morgan fingerprint density at radius 3 is 1.79 bits per heavy atom. The highest BCUT2D eigenvalue weighted by atomic mass is 19.1. The maximum atomic E-state index is 14.8. The molecule has 0 atom stereocenters. The van der Waals surface area contributed by atoms with E-state index in [1.165, 1.54) is 6.20 Å². The number of benzene rings is 3. The van der Waals surface area contributed by atoms with Gasteiger partial charge in [0.25, 0.3) is 0 Å². The minimum atomic E-state index is -0.621. The van der Waals surface area contributed by atoms with Crippen molar-refractivity contribution in [2.75, 3.05) is 0 Å². The SMILES string of the molecule is O=C(Oc1cnc(F)c(-c2ccccc2)c1-c1ccccc1)c1ccccc1. The first kappa shape index (κ1) is 17.6. The molecule has 0 aliphatic heterocycles. The minimum absolute atomic E-state index is 0.209. The second kappa shape index (κ2) is 7.84. The summed E-state index contributed by atoms with van der Waals surface area (Å²) >= 11 is 0. The Labute approximate surface area is 162 Å². The molecule has 0 amide bonds. The zero-order chi connectivity index (χ0) is 19.3. The van der Waals surface area contributed by atoms with Gasteiger partial charge in [0.05, 0.1) is 11.8 Å². The third-order valence-corrected chi connectivity index (χ3v) is 4.33. The van der Waals surface area contributed by atoms with E-state index in [1.807, 2.05) is 54.6 Å². The molecule has 4 aromatic rings. The molecule has 0 saturated heterocycles. The topological polar surface area (TPSA) is 39.2 Å². The van der Waals surface area contributed by atoms with Crippen molar-refractivity contribution in [1.29, 1.82) is 0 Å². The third kappa shape index (κ3) is 3.53. The number of nitrogens with zero attached hydrogens (tertiary/aromatic N) is 1. The van der Waals surface area contributed by atoms with Gasteiger partial charge in [-0.2, -0.15) is 4.39 Å². The number of aromatic nitrogens is 1. The summed E-state index contributed by atoms with van der Waals surface area (Å²) in [6.45, 7) is 0. The van der Waals surface area contributed by atoms with Gasteiger partial charge in [-0.05, 0) is 23.3 Å². The summed E-state index contributed by atoms with van der Waals surface area (Å²) in [5, 5.41) is 0. The van der Waals surface area contributed by atoms with Crippen LogP contribution in [-0.4, -0.2) is 11.0 Å². The molecule has 1 aromatic heterocycles. The van der Waals surface area contributed by atoms with Crippen LogP contribution in [0.25, 0.3) is 22.3 Å². The summed E-state index contributed by atoms with van der Waals surface area (Å²) in [4.78, 5) is 16.4. The Kier molecular flexibility index (Phi) is 4.93. The van der Waals surface area contributed by atoms with Crippen molar-refractivity contribution in [3.63, 3.8) is 0 Å². The third-order valence-electron chi connectivity index (χ3n) is 4.33. The van der Waals surface area contributed by atoms with Gasteiger partial charge in [-0.3, -0.25) is 0 Å². The summed E-state index contributed by atoms with van der Waals surface area (Å²) in [6.07, 6.45) is 1.25. The molecule has 0 unspecified atom stereocenters. The van der Waals surface area contributed by atoms with Crippen molar-refractivity contribution >= 4 is 5.97 Å². The van der Waals surface area contributed by atoms with E-state index in [9.17, 15) is 9.18 Å². The first-order chi connectivity index (χ1) is 13.7. The summed E-state index contributed by atoms with van der Waals surface area (Å²) in [5.74, 6) is -0.935. The fraction of sp³-hybridized carbons (Fsp3) is 0. The molecule has 4 heteroatoms. The fourth-order valence-electron chi connectivity index (χ4n) is 3.04. The van der Waals surface area contributed by atoms with E-state index in [4.69, 9.17) is 4.74 Å². The van der Waals surface area contributed by atoms with Gasteiger partial charge in [-0.1, -0.05) is 78.9 Å². The van der Waals surface area contributed by atoms with Gasteiger partial charge in [-0.25, -0.2) is 9.78 Å². The molecule has 28 heavy (non-hydrogen) atoms. The second-order valence-corrected chi connectivity index (χ2v) is 6.15. The first-order valence-corrected chi connectivity index (χ1v) is 8.80. The van der Waals surface area contributed by atoms with Crippen LogP contribution in [0.2, 0.25) is 0 Å². The van der Waals surface area contributed by atoms with E-state index in [-0.39, 0.29) is 5.75 Å². The summed E-state index contributed by atoms with van der Waals surface area (Å²) in [5.41, 5.74) is 2.59. The monoisotopic (exact) mass is 369 g/mol. The number of carbonyl (C=O) groups excluding carboxylic acids is 1. The smallest absolute Gasteiger partial charge is 0.343 e. The van der Waals surface area contributed by atoms with Crippen LogP contribution in [0.15, 0.2) is 97.2 Å². The second-order valence-electron chi connectivity index (χ2n) is 6.15. The van der Waals surface area contributed by atoms with Gasteiger partial charge in [0.2, 0.25) is 5.95 Å². The van der Waals surface area contributed by atoms with Gasteiger partial charge in [0.1, 0.15) is 0 Å². The molecule has 0 fully saturated rings. The van der Waals surface area contributed by atoms with Crippen molar-refractivity contribution in [3.8, 4) is 28.0 Å². The molecule has 0 spiro atoms.